The molecule has 0 heterocycles. The summed E-state index contributed by atoms with van der Waals surface area (Å²) < 4.78 is 5.31. The van der Waals surface area contributed by atoms with Crippen LogP contribution in [0.15, 0.2) is 0 Å². The highest BCUT2D eigenvalue weighted by Gasteiger charge is 2.44. The van der Waals surface area contributed by atoms with Crippen LogP contribution in [0.25, 0.3) is 0 Å². The molecule has 0 aromatic heterocycles. The molecule has 2 aliphatic rings. The van der Waals surface area contributed by atoms with Crippen molar-refractivity contribution < 1.29 is 14.6 Å². The van der Waals surface area contributed by atoms with Crippen LogP contribution < -0.4 is 5.32 Å². The molecule has 2 aliphatic carbocycles. The van der Waals surface area contributed by atoms with E-state index in [0.29, 0.717) is 11.8 Å². The molecule has 19 heavy (non-hydrogen) atoms. The predicted molar refractivity (Wildman–Crippen MR) is 73.8 cm³/mol. The predicted octanol–water partition coefficient (Wildman–Crippen LogP) is 2.70. The van der Waals surface area contributed by atoms with Crippen molar-refractivity contribution in [1.29, 1.82) is 0 Å². The van der Waals surface area contributed by atoms with Gasteiger partial charge in [-0.1, -0.05) is 19.3 Å². The molecule has 0 bridgehead atoms. The SMILES string of the molecule is CC(C)(C)OC(=O)N[C@@H]1C[C@@H]2CCCC[C@H]2[C@@H]1CO. The van der Waals surface area contributed by atoms with Gasteiger partial charge in [-0.25, -0.2) is 4.79 Å². The number of carbonyl (C=O) groups is 1. The molecule has 0 saturated heterocycles. The lowest BCUT2D eigenvalue weighted by molar-refractivity contribution is 0.0472. The maximum atomic E-state index is 11.9. The van der Waals surface area contributed by atoms with E-state index < -0.39 is 5.60 Å². The van der Waals surface area contributed by atoms with Crippen LogP contribution in [0.1, 0.15) is 52.9 Å². The van der Waals surface area contributed by atoms with E-state index >= 15 is 0 Å². The third kappa shape index (κ3) is 3.62. The van der Waals surface area contributed by atoms with Crippen LogP contribution in [0.4, 0.5) is 4.79 Å². The van der Waals surface area contributed by atoms with E-state index in [1.807, 2.05) is 20.8 Å². The fourth-order valence-electron chi connectivity index (χ4n) is 3.78. The number of hydrogen-bond donors (Lipinski definition) is 2. The molecule has 0 aromatic rings. The van der Waals surface area contributed by atoms with E-state index in [2.05, 4.69) is 5.32 Å². The number of carbonyl (C=O) groups excluding carboxylic acids is 1. The van der Waals surface area contributed by atoms with Gasteiger partial charge in [0.1, 0.15) is 5.60 Å². The van der Waals surface area contributed by atoms with Crippen LogP contribution in [-0.4, -0.2) is 29.4 Å². The summed E-state index contributed by atoms with van der Waals surface area (Å²) in [7, 11) is 0. The number of aliphatic hydroxyl groups is 1. The minimum Gasteiger partial charge on any atom is -0.444 e. The molecular formula is C15H27NO3. The van der Waals surface area contributed by atoms with Gasteiger partial charge in [-0.3, -0.25) is 0 Å². The molecule has 4 heteroatoms. The number of nitrogens with one attached hydrogen (secondary N) is 1. The number of ether oxygens (including phenoxy) is 1. The number of amides is 1. The zero-order chi connectivity index (χ0) is 14.0. The zero-order valence-corrected chi connectivity index (χ0v) is 12.3. The lowest BCUT2D eigenvalue weighted by Crippen LogP contribution is -2.42. The Morgan fingerprint density at radius 3 is 2.63 bits per heavy atom. The number of fused-ring (bicyclic) bond motifs is 1. The Morgan fingerprint density at radius 1 is 1.32 bits per heavy atom. The third-order valence-electron chi connectivity index (χ3n) is 4.50. The Balaban J connectivity index is 1.94. The average molecular weight is 269 g/mol. The van der Waals surface area contributed by atoms with Gasteiger partial charge in [0.15, 0.2) is 0 Å². The number of hydrogen-bond acceptors (Lipinski definition) is 3. The largest absolute Gasteiger partial charge is 0.444 e. The first kappa shape index (κ1) is 14.6. The summed E-state index contributed by atoms with van der Waals surface area (Å²) in [6.45, 7) is 5.77. The molecular weight excluding hydrogens is 242 g/mol. The monoisotopic (exact) mass is 269 g/mol. The minimum absolute atomic E-state index is 0.0768. The van der Waals surface area contributed by atoms with E-state index in [1.54, 1.807) is 0 Å². The highest BCUT2D eigenvalue weighted by atomic mass is 16.6. The van der Waals surface area contributed by atoms with Gasteiger partial charge in [0.25, 0.3) is 0 Å². The van der Waals surface area contributed by atoms with Gasteiger partial charge in [-0.15, -0.1) is 0 Å². The van der Waals surface area contributed by atoms with Gasteiger partial charge < -0.3 is 15.2 Å². The lowest BCUT2D eigenvalue weighted by atomic mass is 9.78. The van der Waals surface area contributed by atoms with Gasteiger partial charge in [-0.2, -0.15) is 0 Å². The Labute approximate surface area is 115 Å². The first-order valence-electron chi connectivity index (χ1n) is 7.51. The van der Waals surface area contributed by atoms with Crippen LogP contribution in [-0.2, 0) is 4.74 Å². The van der Waals surface area contributed by atoms with Gasteiger partial charge in [0.05, 0.1) is 0 Å². The van der Waals surface area contributed by atoms with Crippen LogP contribution >= 0.6 is 0 Å². The van der Waals surface area contributed by atoms with Gasteiger partial charge in [0, 0.05) is 18.6 Å². The molecule has 0 aliphatic heterocycles. The van der Waals surface area contributed by atoms with Crippen molar-refractivity contribution in [3.63, 3.8) is 0 Å². The standard InChI is InChI=1S/C15H27NO3/c1-15(2,3)19-14(18)16-13-8-10-6-4-5-7-11(10)12(13)9-17/h10-13,17H,4-9H2,1-3H3,(H,16,18)/t10-,11+,12-,13+/m0/s1. The van der Waals surface area contributed by atoms with E-state index in [4.69, 9.17) is 4.74 Å². The highest BCUT2D eigenvalue weighted by Crippen LogP contribution is 2.45. The highest BCUT2D eigenvalue weighted by molar-refractivity contribution is 5.68. The van der Waals surface area contributed by atoms with Crippen molar-refractivity contribution in [2.75, 3.05) is 6.61 Å². The normalized spacial score (nSPS) is 34.7. The first-order chi connectivity index (χ1) is 8.90. The fraction of sp³-hybridized carbons (Fsp3) is 0.933. The lowest BCUT2D eigenvalue weighted by Gasteiger charge is -2.29. The van der Waals surface area contributed by atoms with Crippen molar-refractivity contribution in [1.82, 2.24) is 5.32 Å². The van der Waals surface area contributed by atoms with Crippen molar-refractivity contribution in [2.24, 2.45) is 17.8 Å². The molecule has 0 spiro atoms. The van der Waals surface area contributed by atoms with Crippen molar-refractivity contribution in [3.05, 3.63) is 0 Å². The zero-order valence-electron chi connectivity index (χ0n) is 12.3. The average Bonchev–Trinajstić information content (AvgIpc) is 2.63. The van der Waals surface area contributed by atoms with Gasteiger partial charge in [-0.05, 0) is 45.4 Å². The van der Waals surface area contributed by atoms with Gasteiger partial charge >= 0.3 is 6.09 Å². The summed E-state index contributed by atoms with van der Waals surface area (Å²) in [5.41, 5.74) is -0.468. The molecule has 2 fully saturated rings. The molecule has 0 aromatic carbocycles. The number of aliphatic hydroxyl groups excluding tert-OH is 1. The quantitative estimate of drug-likeness (QED) is 0.810. The van der Waals surface area contributed by atoms with Crippen LogP contribution in [0.2, 0.25) is 0 Å². The van der Waals surface area contributed by atoms with E-state index in [-0.39, 0.29) is 24.7 Å². The second-order valence-electron chi connectivity index (χ2n) is 7.04. The summed E-state index contributed by atoms with van der Waals surface area (Å²) in [6.07, 6.45) is 5.63. The smallest absolute Gasteiger partial charge is 0.407 e. The maximum absolute atomic E-state index is 11.9. The molecule has 0 radical (unpaired) electrons. The Hall–Kier alpha value is -0.770. The van der Waals surface area contributed by atoms with E-state index in [9.17, 15) is 9.90 Å². The number of rotatable bonds is 2. The number of alkyl carbamates (subject to hydrolysis) is 1. The summed E-state index contributed by atoms with van der Waals surface area (Å²) in [5, 5.41) is 12.6. The van der Waals surface area contributed by atoms with Crippen molar-refractivity contribution in [2.45, 2.75) is 64.5 Å². The minimum atomic E-state index is -0.468. The molecule has 2 saturated carbocycles. The topological polar surface area (TPSA) is 58.6 Å². The van der Waals surface area contributed by atoms with Crippen molar-refractivity contribution in [3.8, 4) is 0 Å². The van der Waals surface area contributed by atoms with E-state index in [1.165, 1.54) is 25.7 Å². The molecule has 110 valence electrons. The third-order valence-corrected chi connectivity index (χ3v) is 4.50. The second-order valence-corrected chi connectivity index (χ2v) is 7.04. The van der Waals surface area contributed by atoms with Crippen LogP contribution in [0, 0.1) is 17.8 Å². The van der Waals surface area contributed by atoms with Crippen LogP contribution in [0.5, 0.6) is 0 Å². The Bertz CT molecular complexity index is 324. The summed E-state index contributed by atoms with van der Waals surface area (Å²) in [5.74, 6) is 1.46. The summed E-state index contributed by atoms with van der Waals surface area (Å²) >= 11 is 0. The fourth-order valence-corrected chi connectivity index (χ4v) is 3.78. The first-order valence-corrected chi connectivity index (χ1v) is 7.51. The van der Waals surface area contributed by atoms with Crippen LogP contribution in [0.3, 0.4) is 0 Å². The maximum Gasteiger partial charge on any atom is 0.407 e. The van der Waals surface area contributed by atoms with Gasteiger partial charge in [0.2, 0.25) is 0 Å². The Morgan fingerprint density at radius 2 is 2.00 bits per heavy atom. The molecule has 2 N–H and O–H groups in total. The Kier molecular flexibility index (Phi) is 4.39. The molecule has 4 atom stereocenters. The molecule has 0 unspecified atom stereocenters. The summed E-state index contributed by atoms with van der Waals surface area (Å²) in [4.78, 5) is 11.9. The molecule has 2 rings (SSSR count). The van der Waals surface area contributed by atoms with E-state index in [0.717, 1.165) is 6.42 Å². The van der Waals surface area contributed by atoms with Crippen molar-refractivity contribution >= 4 is 6.09 Å². The second kappa shape index (κ2) is 5.70. The molecule has 1 amide bonds. The summed E-state index contributed by atoms with van der Waals surface area (Å²) in [6, 6.07) is 0.0768. The molecule has 4 nitrogen and oxygen atoms in total.